The summed E-state index contributed by atoms with van der Waals surface area (Å²) in [4.78, 5) is 3.22. The van der Waals surface area contributed by atoms with E-state index in [0.717, 1.165) is 24.0 Å². The summed E-state index contributed by atoms with van der Waals surface area (Å²) in [5, 5.41) is 8.80. The van der Waals surface area contributed by atoms with Crippen molar-refractivity contribution in [3.8, 4) is 0 Å². The van der Waals surface area contributed by atoms with Gasteiger partial charge < -0.3 is 5.73 Å². The minimum absolute atomic E-state index is 0.529. The number of hydrogen-bond acceptors (Lipinski definition) is 2. The molecule has 2 N–H and O–H groups in total. The highest BCUT2D eigenvalue weighted by Gasteiger charge is 2.19. The highest BCUT2D eigenvalue weighted by Crippen LogP contribution is 2.30. The summed E-state index contributed by atoms with van der Waals surface area (Å²) < 4.78 is 0. The topological polar surface area (TPSA) is 54.2 Å². The Balaban J connectivity index is 3.34. The Bertz CT molecular complexity index is 350. The van der Waals surface area contributed by atoms with Crippen molar-refractivity contribution in [1.82, 2.24) is 0 Å². The maximum absolute atomic E-state index is 8.80. The molecule has 0 spiro atoms. The quantitative estimate of drug-likeness (QED) is 0.556. The van der Waals surface area contributed by atoms with Crippen LogP contribution >= 0.6 is 0 Å². The van der Waals surface area contributed by atoms with E-state index in [0.29, 0.717) is 11.4 Å². The van der Waals surface area contributed by atoms with Crippen molar-refractivity contribution in [3.05, 3.63) is 28.2 Å². The molecule has 0 aromatic heterocycles. The highest BCUT2D eigenvalue weighted by atomic mass is 14.9. The van der Waals surface area contributed by atoms with Crippen LogP contribution in [0.15, 0.2) is 12.1 Å². The molecule has 0 fully saturated rings. The minimum Gasteiger partial charge on any atom is -0.392 e. The zero-order valence-corrected chi connectivity index (χ0v) is 8.04. The molecule has 0 amide bonds. The number of aryl methyl sites for hydroxylation is 2. The van der Waals surface area contributed by atoms with Crippen molar-refractivity contribution >= 4 is 11.4 Å². The van der Waals surface area contributed by atoms with Gasteiger partial charge >= 0.3 is 5.69 Å². The number of rotatable bonds is 2. The van der Waals surface area contributed by atoms with Crippen LogP contribution < -0.4 is 5.73 Å². The summed E-state index contributed by atoms with van der Waals surface area (Å²) in [6, 6.07) is 3.95. The summed E-state index contributed by atoms with van der Waals surface area (Å²) in [6.07, 6.45) is 1.69. The summed E-state index contributed by atoms with van der Waals surface area (Å²) in [7, 11) is 0. The molecule has 1 aromatic carbocycles. The standard InChI is InChI=1S/C10H14N3/c1-3-7-5-6-8(4-2)10(13-12)9(7)11/h5-6H,3-4,11H2,1-2H3/q+1. The van der Waals surface area contributed by atoms with Crippen LogP contribution in [0.4, 0.5) is 11.4 Å². The number of nitrogen functional groups attached to an aromatic ring is 1. The molecule has 0 saturated carbocycles. The van der Waals surface area contributed by atoms with Gasteiger partial charge in [0.2, 0.25) is 5.39 Å². The molecule has 0 saturated heterocycles. The lowest BCUT2D eigenvalue weighted by Crippen LogP contribution is -1.95. The predicted octanol–water partition coefficient (Wildman–Crippen LogP) is 2.88. The average Bonchev–Trinajstić information content (AvgIpc) is 2.17. The van der Waals surface area contributed by atoms with E-state index >= 15 is 0 Å². The summed E-state index contributed by atoms with van der Waals surface area (Å²) in [6.45, 7) is 4.04. The molecular weight excluding hydrogens is 162 g/mol. The zero-order valence-electron chi connectivity index (χ0n) is 8.04. The van der Waals surface area contributed by atoms with Crippen LogP contribution in [-0.4, -0.2) is 0 Å². The fourth-order valence-electron chi connectivity index (χ4n) is 1.41. The van der Waals surface area contributed by atoms with Gasteiger partial charge in [-0.25, -0.2) is 0 Å². The molecular formula is C10H14N3+. The summed E-state index contributed by atoms with van der Waals surface area (Å²) in [5.41, 5.74) is 8.97. The van der Waals surface area contributed by atoms with Gasteiger partial charge in [-0.1, -0.05) is 26.0 Å². The van der Waals surface area contributed by atoms with E-state index < -0.39 is 0 Å². The Morgan fingerprint density at radius 1 is 1.23 bits per heavy atom. The molecule has 0 atom stereocenters. The monoisotopic (exact) mass is 176 g/mol. The van der Waals surface area contributed by atoms with Crippen molar-refractivity contribution in [3.63, 3.8) is 0 Å². The van der Waals surface area contributed by atoms with Crippen LogP contribution in [0, 0.1) is 5.39 Å². The Morgan fingerprint density at radius 3 is 2.23 bits per heavy atom. The van der Waals surface area contributed by atoms with Gasteiger partial charge in [-0.2, -0.15) is 0 Å². The number of anilines is 1. The molecule has 3 heteroatoms. The van der Waals surface area contributed by atoms with Gasteiger partial charge in [0.25, 0.3) is 0 Å². The van der Waals surface area contributed by atoms with Gasteiger partial charge in [-0.05, 0) is 18.4 Å². The average molecular weight is 176 g/mol. The minimum atomic E-state index is 0.529. The maximum Gasteiger partial charge on any atom is 0.410 e. The highest BCUT2D eigenvalue weighted by molar-refractivity contribution is 5.74. The van der Waals surface area contributed by atoms with Gasteiger partial charge in [0.1, 0.15) is 5.69 Å². The van der Waals surface area contributed by atoms with Crippen LogP contribution in [0.3, 0.4) is 0 Å². The van der Waals surface area contributed by atoms with Crippen LogP contribution in [0.1, 0.15) is 25.0 Å². The zero-order chi connectivity index (χ0) is 9.84. The molecule has 0 bridgehead atoms. The van der Waals surface area contributed by atoms with Crippen molar-refractivity contribution in [2.24, 2.45) is 0 Å². The predicted molar refractivity (Wildman–Crippen MR) is 54.4 cm³/mol. The molecule has 13 heavy (non-hydrogen) atoms. The lowest BCUT2D eigenvalue weighted by molar-refractivity contribution is 1.11. The molecule has 0 heterocycles. The van der Waals surface area contributed by atoms with Crippen LogP contribution in [-0.2, 0) is 12.8 Å². The smallest absolute Gasteiger partial charge is 0.392 e. The lowest BCUT2D eigenvalue weighted by Gasteiger charge is -2.01. The molecule has 0 aliphatic carbocycles. The molecule has 3 nitrogen and oxygen atoms in total. The summed E-state index contributed by atoms with van der Waals surface area (Å²) >= 11 is 0. The van der Waals surface area contributed by atoms with Gasteiger partial charge in [-0.15, -0.1) is 0 Å². The molecule has 1 aromatic rings. The van der Waals surface area contributed by atoms with E-state index in [4.69, 9.17) is 11.1 Å². The SMILES string of the molecule is CCc1ccc(CC)c([N+]#N)c1N. The number of benzene rings is 1. The molecule has 68 valence electrons. The molecule has 0 aliphatic rings. The van der Waals surface area contributed by atoms with Gasteiger partial charge in [0, 0.05) is 5.56 Å². The van der Waals surface area contributed by atoms with Gasteiger partial charge in [0.15, 0.2) is 4.98 Å². The Morgan fingerprint density at radius 2 is 1.77 bits per heavy atom. The third-order valence-electron chi connectivity index (χ3n) is 2.25. The van der Waals surface area contributed by atoms with E-state index in [2.05, 4.69) is 4.98 Å². The Kier molecular flexibility index (Phi) is 2.86. The van der Waals surface area contributed by atoms with Gasteiger partial charge in [-0.3, -0.25) is 0 Å². The fraction of sp³-hybridized carbons (Fsp3) is 0.400. The lowest BCUT2D eigenvalue weighted by atomic mass is 10.0. The van der Waals surface area contributed by atoms with E-state index in [9.17, 15) is 0 Å². The van der Waals surface area contributed by atoms with Crippen LogP contribution in [0.5, 0.6) is 0 Å². The van der Waals surface area contributed by atoms with E-state index in [1.165, 1.54) is 0 Å². The number of nitrogens with two attached hydrogens (primary N) is 1. The van der Waals surface area contributed by atoms with E-state index in [-0.39, 0.29) is 0 Å². The van der Waals surface area contributed by atoms with Crippen molar-refractivity contribution in [2.75, 3.05) is 5.73 Å². The number of hydrogen-bond donors (Lipinski definition) is 1. The second-order valence-corrected chi connectivity index (χ2v) is 2.95. The first kappa shape index (κ1) is 9.53. The third kappa shape index (κ3) is 1.62. The Hall–Kier alpha value is -1.56. The second kappa shape index (κ2) is 3.90. The number of nitrogens with zero attached hydrogens (tertiary/aromatic N) is 2. The van der Waals surface area contributed by atoms with Gasteiger partial charge in [0.05, 0.1) is 0 Å². The first-order valence-electron chi connectivity index (χ1n) is 4.49. The van der Waals surface area contributed by atoms with Crippen molar-refractivity contribution in [2.45, 2.75) is 26.7 Å². The molecule has 1 rings (SSSR count). The van der Waals surface area contributed by atoms with Crippen LogP contribution in [0.2, 0.25) is 0 Å². The normalized spacial score (nSPS) is 9.62. The molecule has 0 unspecified atom stereocenters. The van der Waals surface area contributed by atoms with Crippen LogP contribution in [0.25, 0.3) is 4.98 Å². The Labute approximate surface area is 78.2 Å². The third-order valence-corrected chi connectivity index (χ3v) is 2.25. The van der Waals surface area contributed by atoms with Crippen molar-refractivity contribution in [1.29, 1.82) is 5.39 Å². The van der Waals surface area contributed by atoms with E-state index in [1.807, 2.05) is 26.0 Å². The van der Waals surface area contributed by atoms with E-state index in [1.54, 1.807) is 0 Å². The first-order chi connectivity index (χ1) is 6.24. The van der Waals surface area contributed by atoms with Crippen molar-refractivity contribution < 1.29 is 0 Å². The largest absolute Gasteiger partial charge is 0.410 e. The first-order valence-corrected chi connectivity index (χ1v) is 4.49. The summed E-state index contributed by atoms with van der Waals surface area (Å²) in [5.74, 6) is 0. The molecule has 0 radical (unpaired) electrons. The second-order valence-electron chi connectivity index (χ2n) is 2.95. The molecule has 0 aliphatic heterocycles. The maximum atomic E-state index is 8.80. The fourth-order valence-corrected chi connectivity index (χ4v) is 1.41. The number of diazo groups is 1.